The molecule has 0 saturated carbocycles. The van der Waals surface area contributed by atoms with Crippen LogP contribution in [-0.2, 0) is 11.2 Å². The number of methoxy groups -OCH3 is 2. The lowest BCUT2D eigenvalue weighted by atomic mass is 10.0. The Morgan fingerprint density at radius 2 is 1.87 bits per heavy atom. The highest BCUT2D eigenvalue weighted by molar-refractivity contribution is 5.95. The molecule has 0 atom stereocenters. The monoisotopic (exact) mass is 403 g/mol. The molecule has 3 aromatic carbocycles. The summed E-state index contributed by atoms with van der Waals surface area (Å²) in [6.45, 7) is 0. The standard InChI is InChI=1S/C23H21N3O4/c1-28-16-10-11-20(29-2)19(14-16)24-21(27)12-13-22-25-23(26-30-22)18-9-5-7-15-6-3-4-8-17(15)18/h3-11,14H,12-13H2,1-2H3,(H,24,27). The van der Waals surface area contributed by atoms with Crippen LogP contribution in [0.4, 0.5) is 5.69 Å². The number of hydrogen-bond acceptors (Lipinski definition) is 6. The molecule has 0 fully saturated rings. The lowest BCUT2D eigenvalue weighted by molar-refractivity contribution is -0.116. The average molecular weight is 403 g/mol. The van der Waals surface area contributed by atoms with Crippen LogP contribution >= 0.6 is 0 Å². The number of ether oxygens (including phenoxy) is 2. The van der Waals surface area contributed by atoms with Crippen LogP contribution in [0.3, 0.4) is 0 Å². The normalized spacial score (nSPS) is 10.7. The summed E-state index contributed by atoms with van der Waals surface area (Å²) in [5, 5.41) is 9.09. The number of aryl methyl sites for hydroxylation is 1. The number of benzene rings is 3. The van der Waals surface area contributed by atoms with Gasteiger partial charge in [0.05, 0.1) is 19.9 Å². The number of fused-ring (bicyclic) bond motifs is 1. The molecule has 152 valence electrons. The van der Waals surface area contributed by atoms with Crippen LogP contribution < -0.4 is 14.8 Å². The molecule has 30 heavy (non-hydrogen) atoms. The maximum atomic E-state index is 12.4. The number of nitrogens with zero attached hydrogens (tertiary/aromatic N) is 2. The van der Waals surface area contributed by atoms with Gasteiger partial charge in [0.15, 0.2) is 0 Å². The summed E-state index contributed by atoms with van der Waals surface area (Å²) in [6, 6.07) is 19.2. The fraction of sp³-hybridized carbons (Fsp3) is 0.174. The van der Waals surface area contributed by atoms with Gasteiger partial charge in [-0.1, -0.05) is 47.6 Å². The largest absolute Gasteiger partial charge is 0.497 e. The van der Waals surface area contributed by atoms with Gasteiger partial charge in [0.25, 0.3) is 0 Å². The van der Waals surface area contributed by atoms with E-state index in [0.29, 0.717) is 35.3 Å². The second-order valence-electron chi connectivity index (χ2n) is 6.65. The Balaban J connectivity index is 1.44. The Labute approximate surface area is 173 Å². The van der Waals surface area contributed by atoms with Gasteiger partial charge in [0.1, 0.15) is 11.5 Å². The van der Waals surface area contributed by atoms with Crippen molar-refractivity contribution in [2.24, 2.45) is 0 Å². The Kier molecular flexibility index (Phi) is 5.61. The highest BCUT2D eigenvalue weighted by Gasteiger charge is 2.14. The smallest absolute Gasteiger partial charge is 0.227 e. The van der Waals surface area contributed by atoms with Crippen molar-refractivity contribution < 1.29 is 18.8 Å². The molecule has 1 amide bonds. The minimum Gasteiger partial charge on any atom is -0.497 e. The van der Waals surface area contributed by atoms with E-state index in [-0.39, 0.29) is 12.3 Å². The number of carbonyl (C=O) groups excluding carboxylic acids is 1. The van der Waals surface area contributed by atoms with Crippen molar-refractivity contribution in [3.63, 3.8) is 0 Å². The lowest BCUT2D eigenvalue weighted by Crippen LogP contribution is -2.13. The molecule has 0 radical (unpaired) electrons. The van der Waals surface area contributed by atoms with Gasteiger partial charge in [-0.15, -0.1) is 0 Å². The van der Waals surface area contributed by atoms with Crippen molar-refractivity contribution in [1.29, 1.82) is 0 Å². The van der Waals surface area contributed by atoms with Crippen molar-refractivity contribution in [2.45, 2.75) is 12.8 Å². The minimum absolute atomic E-state index is 0.188. The van der Waals surface area contributed by atoms with Gasteiger partial charge in [-0.3, -0.25) is 4.79 Å². The Morgan fingerprint density at radius 1 is 1.03 bits per heavy atom. The van der Waals surface area contributed by atoms with Gasteiger partial charge in [0, 0.05) is 24.5 Å². The van der Waals surface area contributed by atoms with Crippen molar-refractivity contribution in [2.75, 3.05) is 19.5 Å². The van der Waals surface area contributed by atoms with Gasteiger partial charge < -0.3 is 19.3 Å². The first-order chi connectivity index (χ1) is 14.7. The zero-order chi connectivity index (χ0) is 20.9. The van der Waals surface area contributed by atoms with Crippen LogP contribution in [0, 0.1) is 0 Å². The predicted molar refractivity (Wildman–Crippen MR) is 114 cm³/mol. The van der Waals surface area contributed by atoms with E-state index < -0.39 is 0 Å². The van der Waals surface area contributed by atoms with E-state index in [1.807, 2.05) is 42.5 Å². The molecular formula is C23H21N3O4. The molecule has 0 saturated heterocycles. The average Bonchev–Trinajstić information content (AvgIpc) is 3.26. The van der Waals surface area contributed by atoms with E-state index in [1.54, 1.807) is 32.4 Å². The molecule has 0 spiro atoms. The van der Waals surface area contributed by atoms with Crippen LogP contribution in [0.5, 0.6) is 11.5 Å². The Morgan fingerprint density at radius 3 is 2.70 bits per heavy atom. The summed E-state index contributed by atoms with van der Waals surface area (Å²) in [6.07, 6.45) is 0.521. The summed E-state index contributed by atoms with van der Waals surface area (Å²) in [5.41, 5.74) is 1.44. The van der Waals surface area contributed by atoms with E-state index in [2.05, 4.69) is 15.5 Å². The van der Waals surface area contributed by atoms with Crippen molar-refractivity contribution in [3.8, 4) is 22.9 Å². The van der Waals surface area contributed by atoms with Crippen LogP contribution in [0.1, 0.15) is 12.3 Å². The Bertz CT molecular complexity index is 1180. The third-order valence-corrected chi connectivity index (χ3v) is 4.75. The molecule has 0 unspecified atom stereocenters. The number of hydrogen-bond donors (Lipinski definition) is 1. The first-order valence-electron chi connectivity index (χ1n) is 9.50. The van der Waals surface area contributed by atoms with Gasteiger partial charge in [0.2, 0.25) is 17.6 Å². The first kappa shape index (κ1) is 19.4. The molecule has 7 heteroatoms. The van der Waals surface area contributed by atoms with E-state index in [9.17, 15) is 4.79 Å². The maximum absolute atomic E-state index is 12.4. The molecule has 1 N–H and O–H groups in total. The minimum atomic E-state index is -0.188. The van der Waals surface area contributed by atoms with E-state index in [0.717, 1.165) is 16.3 Å². The first-order valence-corrected chi connectivity index (χ1v) is 9.50. The van der Waals surface area contributed by atoms with Crippen LogP contribution in [0.25, 0.3) is 22.2 Å². The lowest BCUT2D eigenvalue weighted by Gasteiger charge is -2.11. The third-order valence-electron chi connectivity index (χ3n) is 4.75. The number of aromatic nitrogens is 2. The van der Waals surface area contributed by atoms with Crippen LogP contribution in [0.2, 0.25) is 0 Å². The van der Waals surface area contributed by atoms with E-state index in [4.69, 9.17) is 14.0 Å². The number of nitrogens with one attached hydrogen (secondary N) is 1. The molecule has 4 rings (SSSR count). The van der Waals surface area contributed by atoms with Crippen molar-refractivity contribution in [3.05, 3.63) is 66.6 Å². The van der Waals surface area contributed by atoms with Crippen LogP contribution in [0.15, 0.2) is 65.2 Å². The number of amides is 1. The molecule has 1 aromatic heterocycles. The summed E-state index contributed by atoms with van der Waals surface area (Å²) in [4.78, 5) is 16.9. The zero-order valence-electron chi connectivity index (χ0n) is 16.7. The molecule has 4 aromatic rings. The second-order valence-corrected chi connectivity index (χ2v) is 6.65. The zero-order valence-corrected chi connectivity index (χ0v) is 16.7. The summed E-state index contributed by atoms with van der Waals surface area (Å²) in [5.74, 6) is 1.91. The molecule has 0 aliphatic rings. The quantitative estimate of drug-likeness (QED) is 0.490. The highest BCUT2D eigenvalue weighted by Crippen LogP contribution is 2.29. The van der Waals surface area contributed by atoms with Gasteiger partial charge in [-0.05, 0) is 22.9 Å². The van der Waals surface area contributed by atoms with Crippen LogP contribution in [-0.4, -0.2) is 30.3 Å². The predicted octanol–water partition coefficient (Wildman–Crippen LogP) is 4.48. The van der Waals surface area contributed by atoms with Gasteiger partial charge in [-0.25, -0.2) is 0 Å². The van der Waals surface area contributed by atoms with Crippen molar-refractivity contribution in [1.82, 2.24) is 10.1 Å². The van der Waals surface area contributed by atoms with E-state index >= 15 is 0 Å². The molecule has 0 bridgehead atoms. The maximum Gasteiger partial charge on any atom is 0.227 e. The summed E-state index contributed by atoms with van der Waals surface area (Å²) < 4.78 is 15.8. The molecule has 1 heterocycles. The fourth-order valence-corrected chi connectivity index (χ4v) is 3.23. The van der Waals surface area contributed by atoms with Gasteiger partial charge >= 0.3 is 0 Å². The van der Waals surface area contributed by atoms with Gasteiger partial charge in [-0.2, -0.15) is 4.98 Å². The van der Waals surface area contributed by atoms with Crippen molar-refractivity contribution >= 4 is 22.4 Å². The number of rotatable bonds is 7. The summed E-state index contributed by atoms with van der Waals surface area (Å²) in [7, 11) is 3.11. The number of carbonyl (C=O) groups is 1. The summed E-state index contributed by atoms with van der Waals surface area (Å²) >= 11 is 0. The highest BCUT2D eigenvalue weighted by atomic mass is 16.5. The molecule has 7 nitrogen and oxygen atoms in total. The fourth-order valence-electron chi connectivity index (χ4n) is 3.23. The molecule has 0 aliphatic carbocycles. The second kappa shape index (κ2) is 8.65. The Hall–Kier alpha value is -3.87. The molecular weight excluding hydrogens is 382 g/mol. The van der Waals surface area contributed by atoms with E-state index in [1.165, 1.54) is 0 Å². The number of anilines is 1. The SMILES string of the molecule is COc1ccc(OC)c(NC(=O)CCc2nc(-c3cccc4ccccc34)no2)c1. The topological polar surface area (TPSA) is 86.5 Å². The molecule has 0 aliphatic heterocycles. The third kappa shape index (κ3) is 4.10.